The number of nitrogens with two attached hydrogens (primary N) is 2. The minimum absolute atomic E-state index is 0.0446. The number of aliphatic carboxylic acids is 3. The molecular formula is C69H103N13O21S. The molecule has 2 aliphatic heterocycles. The highest BCUT2D eigenvalue weighted by molar-refractivity contribution is 7.98. The van der Waals surface area contributed by atoms with Gasteiger partial charge in [0.05, 0.1) is 37.5 Å². The summed E-state index contributed by atoms with van der Waals surface area (Å²) in [5, 5.41) is 76.4. The Labute approximate surface area is 606 Å². The zero-order valence-corrected chi connectivity index (χ0v) is 60.4. The molecule has 2 saturated heterocycles. The maximum absolute atomic E-state index is 14.6. The maximum Gasteiger partial charge on any atom is 0.320 e. The number of imidazole rings is 1. The van der Waals surface area contributed by atoms with Crippen LogP contribution < -0.4 is 38.1 Å². The van der Waals surface area contributed by atoms with E-state index in [4.69, 9.17) is 16.2 Å². The number of carbonyl (C=O) groups is 14. The molecular weight excluding hydrogens is 1380 g/mol. The summed E-state index contributed by atoms with van der Waals surface area (Å²) in [6.45, 7) is 7.82. The lowest BCUT2D eigenvalue weighted by molar-refractivity contribution is -0.218. The van der Waals surface area contributed by atoms with Crippen LogP contribution in [0.15, 0.2) is 43.0 Å². The standard InChI is InChI=1S/C69H103N13O21S/c1-37(2)25-41(68(100)77-46(65(71)97)17-24-104-6)29-52(85)48(30-43-32-72-36-75-43)76-57(89)16-13-50(83)60(38(3)4)79-66(98)39(5)26-51(84)47(27-42-31-73-45-10-8-7-9-44(42)45)78-67(99)40(11-14-55(70)87)28-53(86)64-63(96)62(95)61(94)54(103-64)33-74-56(88)15-12-49(69(101)102)82-22-20-80(34-58(90)91)18-19-81(21-23-82)35-59(92)93/h7-10,31-32,36-41,46-49,54,60-64,73,94-96H,11-30,33-35H2,1-6H3,(H2,70,87)(H2,71,97)(H,72,75)(H,74,88)(H,76,89)(H,77,100)(H,78,99)(H,79,98)(H,90,91)(H,92,93)(H,101,102)/t39-,40-,41-,46+,47+,48+,49?,54?,60+,61?,62?,63?,64?/m1/s1. The Bertz CT molecular complexity index is 3420. The molecule has 104 heavy (non-hydrogen) atoms. The van der Waals surface area contributed by atoms with E-state index in [-0.39, 0.29) is 96.8 Å². The molecule has 13 atom stereocenters. The number of carbonyl (C=O) groups excluding carboxylic acids is 11. The summed E-state index contributed by atoms with van der Waals surface area (Å²) < 4.78 is 5.82. The number of amides is 7. The largest absolute Gasteiger partial charge is 0.480 e. The van der Waals surface area contributed by atoms with E-state index in [0.29, 0.717) is 27.9 Å². The van der Waals surface area contributed by atoms with Gasteiger partial charge in [-0.25, -0.2) is 4.98 Å². The number of aliphatic hydroxyl groups excluding tert-OH is 3. The predicted octanol–water partition coefficient (Wildman–Crippen LogP) is -1.79. The van der Waals surface area contributed by atoms with E-state index in [1.165, 1.54) is 45.9 Å². The van der Waals surface area contributed by atoms with Gasteiger partial charge < -0.3 is 83.4 Å². The van der Waals surface area contributed by atoms with Gasteiger partial charge in [0, 0.05) is 150 Å². The van der Waals surface area contributed by atoms with Crippen LogP contribution in [0.1, 0.15) is 117 Å². The summed E-state index contributed by atoms with van der Waals surface area (Å²) in [7, 11) is 0. The number of aromatic nitrogens is 3. The van der Waals surface area contributed by atoms with Gasteiger partial charge in [0.1, 0.15) is 42.6 Å². The average Bonchev–Trinajstić information content (AvgIpc) is 1.34. The predicted molar refractivity (Wildman–Crippen MR) is 376 cm³/mol. The Balaban J connectivity index is 1.26. The summed E-state index contributed by atoms with van der Waals surface area (Å²) in [4.78, 5) is 201. The molecule has 0 saturated carbocycles. The maximum atomic E-state index is 14.6. The van der Waals surface area contributed by atoms with Crippen LogP contribution in [-0.2, 0) is 84.7 Å². The fraction of sp³-hybridized carbons (Fsp3) is 0.638. The Morgan fingerprint density at radius 1 is 0.644 bits per heavy atom. The van der Waals surface area contributed by atoms with Crippen molar-refractivity contribution in [1.82, 2.24) is 56.2 Å². The number of primary amides is 2. The first-order valence-electron chi connectivity index (χ1n) is 34.9. The summed E-state index contributed by atoms with van der Waals surface area (Å²) in [6, 6.07) is 1.00. The third-order valence-electron chi connectivity index (χ3n) is 18.5. The van der Waals surface area contributed by atoms with Crippen molar-refractivity contribution in [1.29, 1.82) is 0 Å². The molecule has 17 N–H and O–H groups in total. The minimum Gasteiger partial charge on any atom is -0.480 e. The van der Waals surface area contributed by atoms with Crippen LogP contribution in [0.3, 0.4) is 0 Å². The summed E-state index contributed by atoms with van der Waals surface area (Å²) in [5.74, 6) is -15.2. The van der Waals surface area contributed by atoms with Crippen molar-refractivity contribution in [3.05, 3.63) is 54.2 Å². The normalized spacial score (nSPS) is 20.0. The number of aliphatic hydroxyl groups is 3. The van der Waals surface area contributed by atoms with Gasteiger partial charge in [-0.05, 0) is 61.2 Å². The third-order valence-corrected chi connectivity index (χ3v) is 19.2. The molecule has 0 spiro atoms. The smallest absolute Gasteiger partial charge is 0.320 e. The van der Waals surface area contributed by atoms with Gasteiger partial charge in [0.15, 0.2) is 23.1 Å². The second kappa shape index (κ2) is 42.4. The van der Waals surface area contributed by atoms with Crippen LogP contribution in [0.4, 0.5) is 0 Å². The second-order valence-electron chi connectivity index (χ2n) is 27.5. The highest BCUT2D eigenvalue weighted by Crippen LogP contribution is 2.27. The molecule has 576 valence electrons. The number of para-hydroxylation sites is 1. The lowest BCUT2D eigenvalue weighted by atomic mass is 9.87. The van der Waals surface area contributed by atoms with Crippen molar-refractivity contribution in [3.63, 3.8) is 0 Å². The number of rotatable bonds is 45. The number of ether oxygens (including phenoxy) is 1. The van der Waals surface area contributed by atoms with Crippen molar-refractivity contribution in [3.8, 4) is 0 Å². The summed E-state index contributed by atoms with van der Waals surface area (Å²) in [5.41, 5.74) is 12.8. The van der Waals surface area contributed by atoms with Gasteiger partial charge in [-0.15, -0.1) is 0 Å². The van der Waals surface area contributed by atoms with Crippen LogP contribution in [0, 0.1) is 29.6 Å². The molecule has 0 aliphatic carbocycles. The molecule has 3 aromatic rings. The van der Waals surface area contributed by atoms with Crippen LogP contribution >= 0.6 is 11.8 Å². The number of hydrogen-bond acceptors (Lipinski definition) is 23. The molecule has 35 heteroatoms. The topological polar surface area (TPSA) is 536 Å². The first kappa shape index (κ1) is 86.1. The number of aromatic amines is 2. The number of ketones is 4. The molecule has 0 bridgehead atoms. The van der Waals surface area contributed by atoms with Crippen molar-refractivity contribution in [2.75, 3.05) is 70.9 Å². The number of carboxylic acid groups (broad SMARTS) is 3. The number of Topliss-reactive ketones (excluding diaryl/α,β-unsaturated/α-hetero) is 4. The van der Waals surface area contributed by atoms with Crippen molar-refractivity contribution < 1.29 is 102 Å². The van der Waals surface area contributed by atoms with Crippen molar-refractivity contribution in [2.45, 2.75) is 179 Å². The molecule has 2 aromatic heterocycles. The van der Waals surface area contributed by atoms with E-state index in [9.17, 15) is 97.8 Å². The fourth-order valence-electron chi connectivity index (χ4n) is 12.7. The van der Waals surface area contributed by atoms with Crippen LogP contribution in [-0.4, -0.2) is 274 Å². The van der Waals surface area contributed by atoms with E-state index in [1.54, 1.807) is 44.3 Å². The number of thioether (sulfide) groups is 1. The van der Waals surface area contributed by atoms with Crippen LogP contribution in [0.5, 0.6) is 0 Å². The molecule has 4 heterocycles. The Hall–Kier alpha value is -8.58. The number of H-pyrrole nitrogens is 2. The number of benzene rings is 1. The van der Waals surface area contributed by atoms with E-state index in [0.717, 1.165) is 0 Å². The van der Waals surface area contributed by atoms with E-state index in [2.05, 4.69) is 41.5 Å². The lowest BCUT2D eigenvalue weighted by Crippen LogP contribution is -2.62. The molecule has 34 nitrogen and oxygen atoms in total. The molecule has 1 aromatic carbocycles. The van der Waals surface area contributed by atoms with E-state index in [1.807, 2.05) is 20.1 Å². The number of carboxylic acids is 3. The Kier molecular flexibility index (Phi) is 35.1. The van der Waals surface area contributed by atoms with Crippen molar-refractivity contribution in [2.24, 2.45) is 41.1 Å². The SMILES string of the molecule is CSCC[C@H](NC(=O)[C@@H](CC(=O)[C@H](Cc1cnc[nH]1)NC(=O)CCC(=O)[C@@H](NC(=O)[C@H](C)CC(=O)[C@H](Cc1c[nH]c2ccccc12)NC(=O)[C@H](CCC(N)=O)CC(=O)C1OC(CNC(=O)CCC(C(=O)O)N2CCN(CC(=O)O)CCN(CC(=O)O)CC2)C(O)C(O)C1O)C(C)C)CC(C)C)C(N)=O. The lowest BCUT2D eigenvalue weighted by Gasteiger charge is -2.40. The Morgan fingerprint density at radius 2 is 1.26 bits per heavy atom. The first-order valence-corrected chi connectivity index (χ1v) is 36.3. The van der Waals surface area contributed by atoms with Crippen LogP contribution in [0.2, 0.25) is 0 Å². The monoisotopic (exact) mass is 1480 g/mol. The van der Waals surface area contributed by atoms with Gasteiger partial charge in [0.2, 0.25) is 41.4 Å². The highest BCUT2D eigenvalue weighted by atomic mass is 32.2. The summed E-state index contributed by atoms with van der Waals surface area (Å²) in [6.07, 6.45) is -7.04. The van der Waals surface area contributed by atoms with E-state index < -0.39 is 218 Å². The molecule has 6 unspecified atom stereocenters. The molecule has 2 aliphatic rings. The molecule has 5 rings (SSSR count). The van der Waals surface area contributed by atoms with Gasteiger partial charge in [-0.2, -0.15) is 11.8 Å². The number of nitrogens with one attached hydrogen (secondary N) is 7. The molecule has 7 amide bonds. The number of fused-ring (bicyclic) bond motifs is 1. The average molecular weight is 1480 g/mol. The van der Waals surface area contributed by atoms with Gasteiger partial charge >= 0.3 is 17.9 Å². The minimum atomic E-state index is -2.11. The highest BCUT2D eigenvalue weighted by Gasteiger charge is 2.47. The zero-order chi connectivity index (χ0) is 77.1. The van der Waals surface area contributed by atoms with Gasteiger partial charge in [-0.1, -0.05) is 52.8 Å². The van der Waals surface area contributed by atoms with E-state index >= 15 is 0 Å². The third kappa shape index (κ3) is 27.8. The van der Waals surface area contributed by atoms with Crippen molar-refractivity contribution >= 4 is 105 Å². The Morgan fingerprint density at radius 3 is 1.85 bits per heavy atom. The quantitative estimate of drug-likeness (QED) is 0.0297. The first-order chi connectivity index (χ1) is 49.1. The second-order valence-corrected chi connectivity index (χ2v) is 28.5. The van der Waals surface area contributed by atoms with Gasteiger partial charge in [0.25, 0.3) is 0 Å². The molecule has 0 radical (unpaired) electrons. The van der Waals surface area contributed by atoms with Crippen LogP contribution in [0.25, 0.3) is 10.9 Å². The zero-order valence-electron chi connectivity index (χ0n) is 59.6. The summed E-state index contributed by atoms with van der Waals surface area (Å²) >= 11 is 1.46. The number of hydrogen-bond donors (Lipinski definition) is 15. The number of nitrogens with zero attached hydrogens (tertiary/aromatic N) is 4. The fourth-order valence-corrected chi connectivity index (χ4v) is 13.1. The molecule has 2 fully saturated rings. The van der Waals surface area contributed by atoms with Gasteiger partial charge in [-0.3, -0.25) is 81.8 Å².